The average molecular weight is 314 g/mol. The topological polar surface area (TPSA) is 42.4 Å². The van der Waals surface area contributed by atoms with Gasteiger partial charge in [-0.25, -0.2) is 4.98 Å². The standard InChI is InChI=1S/C12H12BrNO2S/c1-7-3-4-9(16-2)8(5-7)11-10(6-15)17-12(13)14-11/h3-5,15H,6H2,1-2H3. The van der Waals surface area contributed by atoms with Crippen LogP contribution in [0.4, 0.5) is 0 Å². The minimum Gasteiger partial charge on any atom is -0.496 e. The summed E-state index contributed by atoms with van der Waals surface area (Å²) in [5.74, 6) is 0.767. The average Bonchev–Trinajstić information content (AvgIpc) is 2.70. The van der Waals surface area contributed by atoms with Crippen molar-refractivity contribution in [1.29, 1.82) is 0 Å². The van der Waals surface area contributed by atoms with Crippen molar-refractivity contribution in [3.8, 4) is 17.0 Å². The Hall–Kier alpha value is -0.910. The van der Waals surface area contributed by atoms with Gasteiger partial charge in [0.1, 0.15) is 5.75 Å². The molecule has 0 fully saturated rings. The Bertz CT molecular complexity index is 539. The number of methoxy groups -OCH3 is 1. The van der Waals surface area contributed by atoms with Crippen molar-refractivity contribution in [2.45, 2.75) is 13.5 Å². The van der Waals surface area contributed by atoms with Gasteiger partial charge in [0.15, 0.2) is 3.92 Å². The van der Waals surface area contributed by atoms with Crippen molar-refractivity contribution in [2.24, 2.45) is 0 Å². The van der Waals surface area contributed by atoms with Crippen LogP contribution in [0.5, 0.6) is 5.75 Å². The summed E-state index contributed by atoms with van der Waals surface area (Å²) >= 11 is 4.78. The van der Waals surface area contributed by atoms with E-state index in [-0.39, 0.29) is 6.61 Å². The lowest BCUT2D eigenvalue weighted by Crippen LogP contribution is -1.91. The molecule has 0 unspecified atom stereocenters. The number of hydrogen-bond donors (Lipinski definition) is 1. The van der Waals surface area contributed by atoms with Crippen molar-refractivity contribution in [3.63, 3.8) is 0 Å². The van der Waals surface area contributed by atoms with Gasteiger partial charge in [-0.1, -0.05) is 11.6 Å². The largest absolute Gasteiger partial charge is 0.496 e. The molecule has 0 aliphatic rings. The summed E-state index contributed by atoms with van der Waals surface area (Å²) in [5, 5.41) is 9.33. The predicted molar refractivity (Wildman–Crippen MR) is 72.5 cm³/mol. The molecule has 1 aromatic carbocycles. The van der Waals surface area contributed by atoms with Crippen LogP contribution < -0.4 is 4.74 Å². The maximum atomic E-state index is 9.33. The third-order valence-electron chi connectivity index (χ3n) is 2.42. The molecule has 1 N–H and O–H groups in total. The monoisotopic (exact) mass is 313 g/mol. The third-order valence-corrected chi connectivity index (χ3v) is 3.92. The van der Waals surface area contributed by atoms with E-state index in [4.69, 9.17) is 4.74 Å². The van der Waals surface area contributed by atoms with Crippen molar-refractivity contribution >= 4 is 27.3 Å². The number of ether oxygens (including phenoxy) is 1. The number of aromatic nitrogens is 1. The zero-order valence-corrected chi connectivity index (χ0v) is 11.9. The van der Waals surface area contributed by atoms with E-state index in [2.05, 4.69) is 20.9 Å². The number of halogens is 1. The zero-order valence-electron chi connectivity index (χ0n) is 9.53. The molecule has 5 heteroatoms. The predicted octanol–water partition coefficient (Wildman–Crippen LogP) is 3.38. The Balaban J connectivity index is 2.61. The summed E-state index contributed by atoms with van der Waals surface area (Å²) in [4.78, 5) is 5.23. The van der Waals surface area contributed by atoms with E-state index in [0.29, 0.717) is 0 Å². The molecule has 1 aromatic heterocycles. The number of hydrogen-bond acceptors (Lipinski definition) is 4. The number of thiazole rings is 1. The molecule has 0 radical (unpaired) electrons. The molecular formula is C12H12BrNO2S. The van der Waals surface area contributed by atoms with E-state index in [9.17, 15) is 5.11 Å². The molecule has 0 aliphatic heterocycles. The molecule has 17 heavy (non-hydrogen) atoms. The van der Waals surface area contributed by atoms with Crippen LogP contribution >= 0.6 is 27.3 Å². The zero-order chi connectivity index (χ0) is 12.4. The van der Waals surface area contributed by atoms with E-state index in [0.717, 1.165) is 31.4 Å². The van der Waals surface area contributed by atoms with Gasteiger partial charge in [0.25, 0.3) is 0 Å². The molecule has 1 heterocycles. The quantitative estimate of drug-likeness (QED) is 0.944. The fourth-order valence-electron chi connectivity index (χ4n) is 1.65. The van der Waals surface area contributed by atoms with Crippen molar-refractivity contribution in [3.05, 3.63) is 32.6 Å². The van der Waals surface area contributed by atoms with Crippen LogP contribution in [0.3, 0.4) is 0 Å². The molecule has 0 bridgehead atoms. The summed E-state index contributed by atoms with van der Waals surface area (Å²) in [6, 6.07) is 5.92. The first kappa shape index (κ1) is 12.5. The second kappa shape index (κ2) is 5.16. The van der Waals surface area contributed by atoms with E-state index >= 15 is 0 Å². The maximum Gasteiger partial charge on any atom is 0.160 e. The molecule has 0 spiro atoms. The van der Waals surface area contributed by atoms with Crippen molar-refractivity contribution < 1.29 is 9.84 Å². The Morgan fingerprint density at radius 2 is 2.24 bits per heavy atom. The second-order valence-corrected chi connectivity index (χ2v) is 5.96. The summed E-state index contributed by atoms with van der Waals surface area (Å²) in [6.07, 6.45) is 0. The molecule has 0 aliphatic carbocycles. The van der Waals surface area contributed by atoms with Crippen molar-refractivity contribution in [2.75, 3.05) is 7.11 Å². The molecule has 90 valence electrons. The lowest BCUT2D eigenvalue weighted by Gasteiger charge is -2.08. The molecule has 2 aromatic rings. The fourth-order valence-corrected chi connectivity index (χ4v) is 3.07. The first-order valence-electron chi connectivity index (χ1n) is 5.06. The highest BCUT2D eigenvalue weighted by Gasteiger charge is 2.15. The van der Waals surface area contributed by atoms with Crippen LogP contribution in [0.15, 0.2) is 22.1 Å². The van der Waals surface area contributed by atoms with E-state index in [1.165, 1.54) is 11.3 Å². The van der Waals surface area contributed by atoms with E-state index in [1.807, 2.05) is 25.1 Å². The Labute approximate surface area is 112 Å². The first-order chi connectivity index (χ1) is 8.15. The Kier molecular flexibility index (Phi) is 3.81. The molecule has 0 atom stereocenters. The highest BCUT2D eigenvalue weighted by Crippen LogP contribution is 2.36. The number of rotatable bonds is 3. The highest BCUT2D eigenvalue weighted by atomic mass is 79.9. The summed E-state index contributed by atoms with van der Waals surface area (Å²) in [5.41, 5.74) is 2.83. The minimum atomic E-state index is -0.0182. The third kappa shape index (κ3) is 2.51. The molecule has 0 amide bonds. The number of aliphatic hydroxyl groups excluding tert-OH is 1. The minimum absolute atomic E-state index is 0.0182. The lowest BCUT2D eigenvalue weighted by molar-refractivity contribution is 0.286. The number of benzene rings is 1. The molecule has 0 saturated carbocycles. The maximum absolute atomic E-state index is 9.33. The second-order valence-electron chi connectivity index (χ2n) is 3.60. The summed E-state index contributed by atoms with van der Waals surface area (Å²) in [6.45, 7) is 2.00. The van der Waals surface area contributed by atoms with Gasteiger partial charge in [-0.2, -0.15) is 0 Å². The van der Waals surface area contributed by atoms with Gasteiger partial charge < -0.3 is 9.84 Å². The van der Waals surface area contributed by atoms with Crippen LogP contribution in [0, 0.1) is 6.92 Å². The van der Waals surface area contributed by atoms with Crippen LogP contribution in [0.1, 0.15) is 10.4 Å². The van der Waals surface area contributed by atoms with Gasteiger partial charge in [0, 0.05) is 5.56 Å². The van der Waals surface area contributed by atoms with Crippen LogP contribution in [-0.4, -0.2) is 17.2 Å². The number of nitrogens with zero attached hydrogens (tertiary/aromatic N) is 1. The van der Waals surface area contributed by atoms with Gasteiger partial charge in [-0.05, 0) is 35.0 Å². The molecule has 0 saturated heterocycles. The van der Waals surface area contributed by atoms with E-state index < -0.39 is 0 Å². The van der Waals surface area contributed by atoms with Gasteiger partial charge in [-0.15, -0.1) is 11.3 Å². The smallest absolute Gasteiger partial charge is 0.160 e. The van der Waals surface area contributed by atoms with Crippen LogP contribution in [0.2, 0.25) is 0 Å². The fraction of sp³-hybridized carbons (Fsp3) is 0.250. The molecule has 2 rings (SSSR count). The number of aliphatic hydroxyl groups is 1. The molecule has 3 nitrogen and oxygen atoms in total. The van der Waals surface area contributed by atoms with Gasteiger partial charge in [0.05, 0.1) is 24.3 Å². The summed E-state index contributed by atoms with van der Waals surface area (Å²) in [7, 11) is 1.63. The first-order valence-corrected chi connectivity index (χ1v) is 6.67. The lowest BCUT2D eigenvalue weighted by atomic mass is 10.1. The van der Waals surface area contributed by atoms with Gasteiger partial charge in [0.2, 0.25) is 0 Å². The normalized spacial score (nSPS) is 10.6. The van der Waals surface area contributed by atoms with Gasteiger partial charge in [-0.3, -0.25) is 0 Å². The number of aryl methyl sites for hydroxylation is 1. The van der Waals surface area contributed by atoms with Crippen molar-refractivity contribution in [1.82, 2.24) is 4.98 Å². The Morgan fingerprint density at radius 3 is 2.88 bits per heavy atom. The molecular weight excluding hydrogens is 302 g/mol. The van der Waals surface area contributed by atoms with Crippen LogP contribution in [-0.2, 0) is 6.61 Å². The highest BCUT2D eigenvalue weighted by molar-refractivity contribution is 9.11. The van der Waals surface area contributed by atoms with Gasteiger partial charge >= 0.3 is 0 Å². The Morgan fingerprint density at radius 1 is 1.47 bits per heavy atom. The summed E-state index contributed by atoms with van der Waals surface area (Å²) < 4.78 is 6.10. The van der Waals surface area contributed by atoms with Crippen LogP contribution in [0.25, 0.3) is 11.3 Å². The van der Waals surface area contributed by atoms with E-state index in [1.54, 1.807) is 7.11 Å². The SMILES string of the molecule is COc1ccc(C)cc1-c1nc(Br)sc1CO.